The van der Waals surface area contributed by atoms with Gasteiger partial charge in [-0.2, -0.15) is 0 Å². The molecule has 9 heteroatoms. The first-order valence-corrected chi connectivity index (χ1v) is 3.17. The molecule has 0 bridgehead atoms. The summed E-state index contributed by atoms with van der Waals surface area (Å²) in [5.41, 5.74) is -2.74. The Morgan fingerprint density at radius 3 is 1.33 bits per heavy atom. The molecule has 0 saturated carbocycles. The van der Waals surface area contributed by atoms with Crippen LogP contribution in [0.25, 0.3) is 0 Å². The molecule has 0 aliphatic carbocycles. The molecule has 0 aromatic heterocycles. The number of carboxylic acid groups (broad SMARTS) is 3. The van der Waals surface area contributed by atoms with E-state index in [1.54, 1.807) is 0 Å². The summed E-state index contributed by atoms with van der Waals surface area (Å²) in [6.07, 6.45) is -2.29. The predicted molar refractivity (Wildman–Crippen MR) is 40.7 cm³/mol. The summed E-state index contributed by atoms with van der Waals surface area (Å²) in [4.78, 5) is 30.5. The molecule has 0 atom stereocenters. The quantitative estimate of drug-likeness (QED) is 0.411. The Hall–Kier alpha value is -0.956. The Labute approximate surface area is 98.7 Å². The van der Waals surface area contributed by atoms with Crippen LogP contribution in [0.2, 0.25) is 0 Å². The zero-order chi connectivity index (χ0) is 10.6. The molecule has 0 aromatic carbocycles. The summed E-state index contributed by atoms with van der Waals surface area (Å²) in [6.45, 7) is 0. The molecule has 0 heterocycles. The van der Waals surface area contributed by atoms with Crippen LogP contribution in [0.5, 0.6) is 0 Å². The predicted octanol–water partition coefficient (Wildman–Crippen LogP) is -2.08. The second kappa shape index (κ2) is 7.35. The van der Waals surface area contributed by atoms with Crippen LogP contribution in [0.4, 0.5) is 0 Å². The molecule has 0 aromatic rings. The topological polar surface area (TPSA) is 164 Å². The SMILES string of the molecule is O.O=C(O)CC(O)(CC(=O)O)C(=O)O.[Ti]. The van der Waals surface area contributed by atoms with Gasteiger partial charge in [0.2, 0.25) is 0 Å². The van der Waals surface area contributed by atoms with Crippen molar-refractivity contribution in [3.05, 3.63) is 0 Å². The molecule has 0 aliphatic rings. The minimum absolute atomic E-state index is 0. The van der Waals surface area contributed by atoms with E-state index >= 15 is 0 Å². The molecule has 0 rings (SSSR count). The van der Waals surface area contributed by atoms with Gasteiger partial charge in [0.15, 0.2) is 5.60 Å². The fraction of sp³-hybridized carbons (Fsp3) is 0.500. The second-order valence-corrected chi connectivity index (χ2v) is 2.48. The largest absolute Gasteiger partial charge is 0.481 e. The molecular formula is C6H10O8Ti. The second-order valence-electron chi connectivity index (χ2n) is 2.48. The first-order chi connectivity index (χ1) is 5.78. The van der Waals surface area contributed by atoms with E-state index in [2.05, 4.69) is 0 Å². The number of rotatable bonds is 5. The summed E-state index contributed by atoms with van der Waals surface area (Å²) >= 11 is 0. The zero-order valence-electron chi connectivity index (χ0n) is 7.43. The van der Waals surface area contributed by atoms with Gasteiger partial charge in [-0.25, -0.2) is 4.79 Å². The average molecular weight is 258 g/mol. The van der Waals surface area contributed by atoms with Crippen LogP contribution in [0.3, 0.4) is 0 Å². The van der Waals surface area contributed by atoms with Crippen LogP contribution < -0.4 is 0 Å². The first kappa shape index (κ1) is 19.6. The number of aliphatic carboxylic acids is 3. The van der Waals surface area contributed by atoms with Crippen LogP contribution >= 0.6 is 0 Å². The molecule has 8 nitrogen and oxygen atoms in total. The summed E-state index contributed by atoms with van der Waals surface area (Å²) in [7, 11) is 0. The van der Waals surface area contributed by atoms with Gasteiger partial charge >= 0.3 is 17.9 Å². The monoisotopic (exact) mass is 258 g/mol. The fourth-order valence-corrected chi connectivity index (χ4v) is 0.714. The van der Waals surface area contributed by atoms with Gasteiger partial charge in [-0.1, -0.05) is 0 Å². The Morgan fingerprint density at radius 2 is 1.20 bits per heavy atom. The average Bonchev–Trinajstić information content (AvgIpc) is 1.82. The van der Waals surface area contributed by atoms with Gasteiger partial charge in [-0.05, 0) is 0 Å². The molecule has 0 fully saturated rings. The van der Waals surface area contributed by atoms with E-state index in [4.69, 9.17) is 20.4 Å². The number of aliphatic hydroxyl groups is 1. The van der Waals surface area contributed by atoms with Crippen molar-refractivity contribution in [1.82, 2.24) is 0 Å². The molecule has 0 radical (unpaired) electrons. The smallest absolute Gasteiger partial charge is 0.336 e. The maximum absolute atomic E-state index is 10.3. The summed E-state index contributed by atoms with van der Waals surface area (Å²) < 4.78 is 0. The van der Waals surface area contributed by atoms with Crippen molar-refractivity contribution in [2.24, 2.45) is 0 Å². The number of hydrogen-bond donors (Lipinski definition) is 4. The Balaban J connectivity index is -0.000000720. The Morgan fingerprint density at radius 1 is 0.933 bits per heavy atom. The van der Waals surface area contributed by atoms with E-state index in [0.29, 0.717) is 0 Å². The standard InChI is InChI=1S/C6H8O7.H2O.Ti/c7-3(8)1-6(13,5(11)12)2-4(9)10;;/h13H,1-2H2,(H,7,8)(H,9,10)(H,11,12);1H2;. The molecule has 0 amide bonds. The van der Waals surface area contributed by atoms with Crippen molar-refractivity contribution in [3.8, 4) is 0 Å². The summed E-state index contributed by atoms with van der Waals surface area (Å²) in [6, 6.07) is 0. The van der Waals surface area contributed by atoms with Crippen LogP contribution in [0.1, 0.15) is 12.8 Å². The molecule has 0 spiro atoms. The van der Waals surface area contributed by atoms with Crippen LogP contribution in [0.15, 0.2) is 0 Å². The number of carboxylic acids is 3. The van der Waals surface area contributed by atoms with Gasteiger partial charge in [0, 0.05) is 21.7 Å². The van der Waals surface area contributed by atoms with Crippen molar-refractivity contribution in [2.45, 2.75) is 18.4 Å². The third kappa shape index (κ3) is 7.03. The first-order valence-electron chi connectivity index (χ1n) is 3.17. The van der Waals surface area contributed by atoms with E-state index in [9.17, 15) is 14.4 Å². The number of hydrogen-bond acceptors (Lipinski definition) is 4. The maximum atomic E-state index is 10.3. The Kier molecular flexibility index (Phi) is 9.60. The zero-order valence-corrected chi connectivity index (χ0v) is 8.99. The third-order valence-electron chi connectivity index (χ3n) is 1.29. The molecule has 0 unspecified atom stereocenters. The fourth-order valence-electron chi connectivity index (χ4n) is 0.714. The van der Waals surface area contributed by atoms with Gasteiger partial charge in [0.05, 0.1) is 12.8 Å². The molecular weight excluding hydrogens is 248 g/mol. The van der Waals surface area contributed by atoms with Crippen molar-refractivity contribution in [2.75, 3.05) is 0 Å². The summed E-state index contributed by atoms with van der Waals surface area (Å²) in [5.74, 6) is -5.02. The van der Waals surface area contributed by atoms with Crippen molar-refractivity contribution >= 4 is 17.9 Å². The minimum atomic E-state index is -2.74. The van der Waals surface area contributed by atoms with Gasteiger partial charge in [0.25, 0.3) is 0 Å². The third-order valence-corrected chi connectivity index (χ3v) is 1.29. The van der Waals surface area contributed by atoms with Crippen LogP contribution in [-0.4, -0.2) is 49.4 Å². The van der Waals surface area contributed by atoms with Crippen molar-refractivity contribution < 1.29 is 62.0 Å². The normalized spacial score (nSPS) is 9.40. The molecule has 0 aliphatic heterocycles. The van der Waals surface area contributed by atoms with Crippen LogP contribution in [-0.2, 0) is 36.1 Å². The van der Waals surface area contributed by atoms with Crippen molar-refractivity contribution in [3.63, 3.8) is 0 Å². The van der Waals surface area contributed by atoms with E-state index < -0.39 is 36.4 Å². The van der Waals surface area contributed by atoms with E-state index in [1.807, 2.05) is 0 Å². The maximum Gasteiger partial charge on any atom is 0.336 e. The van der Waals surface area contributed by atoms with Gasteiger partial charge in [-0.3, -0.25) is 9.59 Å². The van der Waals surface area contributed by atoms with Crippen molar-refractivity contribution in [1.29, 1.82) is 0 Å². The number of carbonyl (C=O) groups is 3. The van der Waals surface area contributed by atoms with Gasteiger partial charge in [-0.15, -0.1) is 0 Å². The van der Waals surface area contributed by atoms with Crippen LogP contribution in [0, 0.1) is 0 Å². The van der Waals surface area contributed by atoms with E-state index in [1.165, 1.54) is 0 Å². The molecule has 0 saturated heterocycles. The minimum Gasteiger partial charge on any atom is -0.481 e. The van der Waals surface area contributed by atoms with Gasteiger partial charge in [0.1, 0.15) is 0 Å². The van der Waals surface area contributed by atoms with Gasteiger partial charge < -0.3 is 25.9 Å². The molecule has 15 heavy (non-hydrogen) atoms. The molecule has 86 valence electrons. The molecule has 6 N–H and O–H groups in total. The van der Waals surface area contributed by atoms with E-state index in [-0.39, 0.29) is 27.2 Å². The Bertz CT molecular complexity index is 234. The summed E-state index contributed by atoms with van der Waals surface area (Å²) in [5, 5.41) is 33.8. The van der Waals surface area contributed by atoms with E-state index in [0.717, 1.165) is 0 Å².